The molecule has 1 aromatic heterocycles. The molecule has 0 aliphatic rings. The van der Waals surface area contributed by atoms with Crippen molar-refractivity contribution in [3.63, 3.8) is 0 Å². The summed E-state index contributed by atoms with van der Waals surface area (Å²) in [4.78, 5) is 10.9. The van der Waals surface area contributed by atoms with Crippen LogP contribution in [-0.2, 0) is 12.6 Å². The maximum absolute atomic E-state index is 12.2. The fraction of sp³-hybridized carbons (Fsp3) is 0.429. The zero-order valence-electron chi connectivity index (χ0n) is 6.77. The topological polar surface area (TPSA) is 45.8 Å². The Morgan fingerprint density at radius 1 is 1.54 bits per heavy atom. The highest BCUT2D eigenvalue weighted by atomic mass is 19.4. The third-order valence-electron chi connectivity index (χ3n) is 1.62. The van der Waals surface area contributed by atoms with E-state index in [0.29, 0.717) is 6.20 Å². The molecule has 0 saturated carbocycles. The van der Waals surface area contributed by atoms with Gasteiger partial charge in [0.1, 0.15) is 0 Å². The Labute approximate surface area is 71.6 Å². The van der Waals surface area contributed by atoms with E-state index in [-0.39, 0.29) is 12.0 Å². The van der Waals surface area contributed by atoms with Crippen molar-refractivity contribution in [1.82, 2.24) is 10.2 Å². The number of hydrogen-bond donors (Lipinski definition) is 1. The summed E-state index contributed by atoms with van der Waals surface area (Å²) in [6, 6.07) is 0. The van der Waals surface area contributed by atoms with E-state index >= 15 is 0 Å². The predicted molar refractivity (Wildman–Crippen MR) is 39.2 cm³/mol. The normalized spacial score (nSPS) is 11.7. The molecule has 0 fully saturated rings. The SMILES string of the molecule is CCc1c(C(F)(F)F)cn[nH]c1=O. The van der Waals surface area contributed by atoms with Crippen LogP contribution in [0.3, 0.4) is 0 Å². The van der Waals surface area contributed by atoms with Gasteiger partial charge < -0.3 is 0 Å². The molecule has 6 heteroatoms. The molecule has 0 saturated heterocycles. The summed E-state index contributed by atoms with van der Waals surface area (Å²) in [6.45, 7) is 1.49. The van der Waals surface area contributed by atoms with Gasteiger partial charge in [0.15, 0.2) is 0 Å². The number of nitrogens with one attached hydrogen (secondary N) is 1. The Hall–Kier alpha value is -1.33. The van der Waals surface area contributed by atoms with Gasteiger partial charge in [-0.2, -0.15) is 18.3 Å². The van der Waals surface area contributed by atoms with Gasteiger partial charge in [-0.3, -0.25) is 4.79 Å². The number of alkyl halides is 3. The Bertz CT molecular complexity index is 355. The van der Waals surface area contributed by atoms with E-state index < -0.39 is 17.3 Å². The van der Waals surface area contributed by atoms with E-state index in [0.717, 1.165) is 0 Å². The number of H-pyrrole nitrogens is 1. The number of aromatic nitrogens is 2. The third kappa shape index (κ3) is 1.88. The van der Waals surface area contributed by atoms with Crippen LogP contribution in [0.2, 0.25) is 0 Å². The lowest BCUT2D eigenvalue weighted by Crippen LogP contribution is -2.21. The molecule has 0 aliphatic heterocycles. The molecule has 72 valence electrons. The molecule has 3 nitrogen and oxygen atoms in total. The first-order chi connectivity index (χ1) is 5.96. The van der Waals surface area contributed by atoms with Gasteiger partial charge in [0.2, 0.25) is 0 Å². The first kappa shape index (κ1) is 9.76. The molecule has 0 atom stereocenters. The van der Waals surface area contributed by atoms with Crippen LogP contribution >= 0.6 is 0 Å². The van der Waals surface area contributed by atoms with E-state index in [2.05, 4.69) is 5.10 Å². The van der Waals surface area contributed by atoms with Crippen LogP contribution in [0.1, 0.15) is 18.1 Å². The molecular weight excluding hydrogens is 185 g/mol. The van der Waals surface area contributed by atoms with Crippen LogP contribution in [-0.4, -0.2) is 10.2 Å². The first-order valence-electron chi connectivity index (χ1n) is 3.60. The second kappa shape index (κ2) is 3.20. The number of aromatic amines is 1. The summed E-state index contributed by atoms with van der Waals surface area (Å²) >= 11 is 0. The van der Waals surface area contributed by atoms with Gasteiger partial charge in [-0.1, -0.05) is 6.92 Å². The van der Waals surface area contributed by atoms with Crippen LogP contribution in [0, 0.1) is 0 Å². The summed E-state index contributed by atoms with van der Waals surface area (Å²) in [6.07, 6.45) is -3.85. The molecule has 1 N–H and O–H groups in total. The van der Waals surface area contributed by atoms with Gasteiger partial charge in [0.25, 0.3) is 5.56 Å². The van der Waals surface area contributed by atoms with Crippen molar-refractivity contribution in [3.8, 4) is 0 Å². The van der Waals surface area contributed by atoms with Crippen LogP contribution in [0.5, 0.6) is 0 Å². The second-order valence-corrected chi connectivity index (χ2v) is 2.44. The molecule has 13 heavy (non-hydrogen) atoms. The first-order valence-corrected chi connectivity index (χ1v) is 3.60. The van der Waals surface area contributed by atoms with Crippen molar-refractivity contribution >= 4 is 0 Å². The van der Waals surface area contributed by atoms with Gasteiger partial charge in [-0.25, -0.2) is 5.10 Å². The lowest BCUT2D eigenvalue weighted by Gasteiger charge is -2.08. The average Bonchev–Trinajstić information content (AvgIpc) is 2.02. The summed E-state index contributed by atoms with van der Waals surface area (Å²) in [5, 5.41) is 5.06. The van der Waals surface area contributed by atoms with Crippen molar-refractivity contribution in [2.75, 3.05) is 0 Å². The van der Waals surface area contributed by atoms with Gasteiger partial charge >= 0.3 is 6.18 Å². The van der Waals surface area contributed by atoms with E-state index in [1.165, 1.54) is 6.92 Å². The van der Waals surface area contributed by atoms with Crippen molar-refractivity contribution < 1.29 is 13.2 Å². The summed E-state index contributed by atoms with van der Waals surface area (Å²) in [5.41, 5.74) is -2.02. The molecule has 0 spiro atoms. The minimum Gasteiger partial charge on any atom is -0.268 e. The number of nitrogens with zero attached hydrogens (tertiary/aromatic N) is 1. The minimum atomic E-state index is -4.51. The average molecular weight is 192 g/mol. The quantitative estimate of drug-likeness (QED) is 0.729. The summed E-state index contributed by atoms with van der Waals surface area (Å²) < 4.78 is 36.7. The molecule has 1 heterocycles. The molecule has 0 unspecified atom stereocenters. The molecule has 0 aromatic carbocycles. The predicted octanol–water partition coefficient (Wildman–Crippen LogP) is 1.35. The Balaban J connectivity index is 3.38. The lowest BCUT2D eigenvalue weighted by molar-refractivity contribution is -0.138. The number of rotatable bonds is 1. The van der Waals surface area contributed by atoms with Crippen molar-refractivity contribution in [3.05, 3.63) is 27.7 Å². The third-order valence-corrected chi connectivity index (χ3v) is 1.62. The van der Waals surface area contributed by atoms with Gasteiger partial charge in [-0.05, 0) is 6.42 Å². The van der Waals surface area contributed by atoms with Crippen molar-refractivity contribution in [1.29, 1.82) is 0 Å². The molecular formula is C7H7F3N2O. The van der Waals surface area contributed by atoms with Gasteiger partial charge in [-0.15, -0.1) is 0 Å². The standard InChI is InChI=1S/C7H7F3N2O/c1-2-4-5(7(8,9)10)3-11-12-6(4)13/h3H,2H2,1H3,(H,12,13). The van der Waals surface area contributed by atoms with Crippen LogP contribution in [0.25, 0.3) is 0 Å². The Morgan fingerprint density at radius 3 is 2.54 bits per heavy atom. The summed E-state index contributed by atoms with van der Waals surface area (Å²) in [5.74, 6) is 0. The fourth-order valence-electron chi connectivity index (χ4n) is 1.02. The highest BCUT2D eigenvalue weighted by molar-refractivity contribution is 5.23. The van der Waals surface area contributed by atoms with Crippen molar-refractivity contribution in [2.45, 2.75) is 19.5 Å². The van der Waals surface area contributed by atoms with E-state index in [4.69, 9.17) is 0 Å². The monoisotopic (exact) mass is 192 g/mol. The highest BCUT2D eigenvalue weighted by Crippen LogP contribution is 2.29. The van der Waals surface area contributed by atoms with Crippen molar-refractivity contribution in [2.24, 2.45) is 0 Å². The van der Waals surface area contributed by atoms with Crippen LogP contribution in [0.15, 0.2) is 11.0 Å². The van der Waals surface area contributed by atoms with E-state index in [1.54, 1.807) is 0 Å². The molecule has 1 aromatic rings. The smallest absolute Gasteiger partial charge is 0.268 e. The Kier molecular flexibility index (Phi) is 2.40. The number of halogens is 3. The van der Waals surface area contributed by atoms with E-state index in [9.17, 15) is 18.0 Å². The maximum Gasteiger partial charge on any atom is 0.418 e. The second-order valence-electron chi connectivity index (χ2n) is 2.44. The highest BCUT2D eigenvalue weighted by Gasteiger charge is 2.34. The van der Waals surface area contributed by atoms with Crippen LogP contribution < -0.4 is 5.56 Å². The van der Waals surface area contributed by atoms with Gasteiger partial charge in [0.05, 0.1) is 11.8 Å². The molecule has 0 amide bonds. The maximum atomic E-state index is 12.2. The molecule has 0 bridgehead atoms. The molecule has 1 rings (SSSR count). The van der Waals surface area contributed by atoms with E-state index in [1.807, 2.05) is 5.10 Å². The molecule has 0 aliphatic carbocycles. The zero-order valence-corrected chi connectivity index (χ0v) is 6.77. The molecule has 0 radical (unpaired) electrons. The minimum absolute atomic E-state index is 0.0344. The fourth-order valence-corrected chi connectivity index (χ4v) is 1.02. The van der Waals surface area contributed by atoms with Gasteiger partial charge in [0, 0.05) is 5.56 Å². The largest absolute Gasteiger partial charge is 0.418 e. The number of hydrogen-bond acceptors (Lipinski definition) is 2. The summed E-state index contributed by atoms with van der Waals surface area (Å²) in [7, 11) is 0. The lowest BCUT2D eigenvalue weighted by atomic mass is 10.1. The van der Waals surface area contributed by atoms with Crippen LogP contribution in [0.4, 0.5) is 13.2 Å². The Morgan fingerprint density at radius 2 is 2.15 bits per heavy atom. The zero-order chi connectivity index (χ0) is 10.1.